The van der Waals surface area contributed by atoms with Gasteiger partial charge in [-0.3, -0.25) is 4.79 Å². The predicted octanol–water partition coefficient (Wildman–Crippen LogP) is 8.10. The lowest BCUT2D eigenvalue weighted by Crippen LogP contribution is -2.08. The van der Waals surface area contributed by atoms with Gasteiger partial charge in [-0.1, -0.05) is 121 Å². The maximum absolute atomic E-state index is 12.6. The summed E-state index contributed by atoms with van der Waals surface area (Å²) in [6.45, 7) is 1.34. The van der Waals surface area contributed by atoms with Crippen molar-refractivity contribution in [2.45, 2.75) is 39.3 Å². The molecule has 0 saturated heterocycles. The van der Waals surface area contributed by atoms with Crippen LogP contribution in [-0.2, 0) is 42.4 Å². The summed E-state index contributed by atoms with van der Waals surface area (Å²) in [5.74, 6) is 1.39. The fraction of sp³-hybridized carbons (Fsp3) is 0.162. The van der Waals surface area contributed by atoms with Crippen molar-refractivity contribution >= 4 is 5.97 Å². The van der Waals surface area contributed by atoms with Gasteiger partial charge in [-0.2, -0.15) is 0 Å². The lowest BCUT2D eigenvalue weighted by Gasteiger charge is -2.19. The van der Waals surface area contributed by atoms with Gasteiger partial charge < -0.3 is 18.9 Å². The van der Waals surface area contributed by atoms with Gasteiger partial charge >= 0.3 is 5.97 Å². The van der Waals surface area contributed by atoms with Crippen molar-refractivity contribution in [3.63, 3.8) is 0 Å². The highest BCUT2D eigenvalue weighted by Crippen LogP contribution is 2.41. The van der Waals surface area contributed by atoms with Crippen LogP contribution in [0.5, 0.6) is 17.2 Å². The van der Waals surface area contributed by atoms with Gasteiger partial charge in [0, 0.05) is 6.42 Å². The highest BCUT2D eigenvalue weighted by molar-refractivity contribution is 5.70. The monoisotopic (exact) mass is 558 g/mol. The van der Waals surface area contributed by atoms with Crippen LogP contribution < -0.4 is 14.2 Å². The van der Waals surface area contributed by atoms with E-state index in [2.05, 4.69) is 0 Å². The van der Waals surface area contributed by atoms with Crippen LogP contribution in [0.3, 0.4) is 0 Å². The first-order valence-electron chi connectivity index (χ1n) is 14.1. The molecule has 0 aliphatic heterocycles. The first kappa shape index (κ1) is 28.5. The molecule has 0 fully saturated rings. The van der Waals surface area contributed by atoms with E-state index in [1.807, 2.05) is 133 Å². The third-order valence-corrected chi connectivity index (χ3v) is 6.64. The SMILES string of the molecule is O=C(CCc1cc(OCc2ccccc2)c(OCc2ccccc2)c(OCc2ccccc2)c1)OCc1ccccc1. The third kappa shape index (κ3) is 8.73. The third-order valence-electron chi connectivity index (χ3n) is 6.64. The minimum absolute atomic E-state index is 0.229. The average molecular weight is 559 g/mol. The molecule has 0 aliphatic carbocycles. The Morgan fingerprint density at radius 2 is 0.833 bits per heavy atom. The Kier molecular flexibility index (Phi) is 10.2. The molecule has 0 radical (unpaired) electrons. The summed E-state index contributed by atoms with van der Waals surface area (Å²) in [4.78, 5) is 12.6. The largest absolute Gasteiger partial charge is 0.485 e. The molecule has 0 bridgehead atoms. The van der Waals surface area contributed by atoms with Crippen molar-refractivity contribution in [3.8, 4) is 17.2 Å². The molecule has 212 valence electrons. The Balaban J connectivity index is 1.37. The lowest BCUT2D eigenvalue weighted by molar-refractivity contribution is -0.144. The molecule has 0 amide bonds. The molecule has 5 aromatic rings. The van der Waals surface area contributed by atoms with E-state index in [1.54, 1.807) is 0 Å². The zero-order valence-electron chi connectivity index (χ0n) is 23.5. The molecule has 5 rings (SSSR count). The molecule has 0 aromatic heterocycles. The topological polar surface area (TPSA) is 54.0 Å². The molecule has 0 atom stereocenters. The maximum atomic E-state index is 12.6. The Morgan fingerprint density at radius 3 is 1.26 bits per heavy atom. The molecule has 0 heterocycles. The average Bonchev–Trinajstić information content (AvgIpc) is 3.05. The Hall–Kier alpha value is -5.03. The van der Waals surface area contributed by atoms with Crippen molar-refractivity contribution in [2.24, 2.45) is 0 Å². The van der Waals surface area contributed by atoms with Gasteiger partial charge in [-0.25, -0.2) is 0 Å². The quantitative estimate of drug-likeness (QED) is 0.129. The van der Waals surface area contributed by atoms with E-state index in [0.29, 0.717) is 43.5 Å². The lowest BCUT2D eigenvalue weighted by atomic mass is 10.1. The van der Waals surface area contributed by atoms with Crippen LogP contribution >= 0.6 is 0 Å². The number of carbonyl (C=O) groups is 1. The van der Waals surface area contributed by atoms with Crippen molar-refractivity contribution in [2.75, 3.05) is 0 Å². The number of ether oxygens (including phenoxy) is 4. The Bertz CT molecular complexity index is 1460. The normalized spacial score (nSPS) is 10.6. The van der Waals surface area contributed by atoms with Gasteiger partial charge in [0.25, 0.3) is 0 Å². The van der Waals surface area contributed by atoms with Crippen LogP contribution in [-0.4, -0.2) is 5.97 Å². The molecule has 0 N–H and O–H groups in total. The van der Waals surface area contributed by atoms with Gasteiger partial charge in [0.1, 0.15) is 26.4 Å². The van der Waals surface area contributed by atoms with Crippen LogP contribution in [0.2, 0.25) is 0 Å². The summed E-state index contributed by atoms with van der Waals surface area (Å²) in [7, 11) is 0. The molecular formula is C37H34O5. The van der Waals surface area contributed by atoms with Crippen molar-refractivity contribution in [1.82, 2.24) is 0 Å². The van der Waals surface area contributed by atoms with Gasteiger partial charge in [0.15, 0.2) is 11.5 Å². The molecule has 0 aliphatic rings. The predicted molar refractivity (Wildman–Crippen MR) is 163 cm³/mol. The van der Waals surface area contributed by atoms with E-state index in [0.717, 1.165) is 27.8 Å². The summed E-state index contributed by atoms with van der Waals surface area (Å²) in [5, 5.41) is 0. The molecule has 42 heavy (non-hydrogen) atoms. The Morgan fingerprint density at radius 1 is 0.452 bits per heavy atom. The number of benzene rings is 5. The number of rotatable bonds is 14. The minimum Gasteiger partial charge on any atom is -0.485 e. The van der Waals surface area contributed by atoms with E-state index in [-0.39, 0.29) is 19.0 Å². The summed E-state index contributed by atoms with van der Waals surface area (Å²) < 4.78 is 24.5. The molecule has 0 unspecified atom stereocenters. The van der Waals surface area contributed by atoms with Crippen LogP contribution in [0.4, 0.5) is 0 Å². The number of aryl methyl sites for hydroxylation is 1. The van der Waals surface area contributed by atoms with Gasteiger partial charge in [0.05, 0.1) is 0 Å². The maximum Gasteiger partial charge on any atom is 0.306 e. The number of carbonyl (C=O) groups excluding carboxylic acids is 1. The van der Waals surface area contributed by atoms with E-state index in [9.17, 15) is 4.79 Å². The fourth-order valence-corrected chi connectivity index (χ4v) is 4.39. The standard InChI is InChI=1S/C37H34O5/c38-36(41-27-31-17-9-3-10-18-31)22-21-33-23-34(39-25-29-13-5-1-6-14-29)37(42-28-32-19-11-4-12-20-32)35(24-33)40-26-30-15-7-2-8-16-30/h1-20,23-24H,21-22,25-28H2. The first-order valence-corrected chi connectivity index (χ1v) is 14.1. The van der Waals surface area contributed by atoms with E-state index in [1.165, 1.54) is 0 Å². The first-order chi connectivity index (χ1) is 20.7. The van der Waals surface area contributed by atoms with Crippen molar-refractivity contribution in [1.29, 1.82) is 0 Å². The van der Waals surface area contributed by atoms with Crippen molar-refractivity contribution < 1.29 is 23.7 Å². The van der Waals surface area contributed by atoms with Gasteiger partial charge in [0.2, 0.25) is 5.75 Å². The number of hydrogen-bond donors (Lipinski definition) is 0. The van der Waals surface area contributed by atoms with Crippen LogP contribution in [0.15, 0.2) is 133 Å². The number of esters is 1. The second kappa shape index (κ2) is 15.1. The van der Waals surface area contributed by atoms with Crippen molar-refractivity contribution in [3.05, 3.63) is 161 Å². The van der Waals surface area contributed by atoms with E-state index >= 15 is 0 Å². The van der Waals surface area contributed by atoms with Crippen LogP contribution in [0, 0.1) is 0 Å². The molecule has 5 heteroatoms. The Labute approximate surface area is 247 Å². The van der Waals surface area contributed by atoms with E-state index in [4.69, 9.17) is 18.9 Å². The number of hydrogen-bond acceptors (Lipinski definition) is 5. The second-order valence-corrected chi connectivity index (χ2v) is 9.89. The molecular weight excluding hydrogens is 524 g/mol. The summed E-state index contributed by atoms with van der Waals surface area (Å²) >= 11 is 0. The minimum atomic E-state index is -0.262. The molecule has 5 aromatic carbocycles. The molecule has 0 spiro atoms. The van der Waals surface area contributed by atoms with Gasteiger partial charge in [-0.15, -0.1) is 0 Å². The van der Waals surface area contributed by atoms with E-state index < -0.39 is 0 Å². The zero-order valence-corrected chi connectivity index (χ0v) is 23.5. The van der Waals surface area contributed by atoms with Crippen LogP contribution in [0.1, 0.15) is 34.2 Å². The fourth-order valence-electron chi connectivity index (χ4n) is 4.39. The second-order valence-electron chi connectivity index (χ2n) is 9.89. The highest BCUT2D eigenvalue weighted by Gasteiger charge is 2.18. The highest BCUT2D eigenvalue weighted by atomic mass is 16.5. The summed E-state index contributed by atoms with van der Waals surface area (Å²) in [6.07, 6.45) is 0.698. The summed E-state index contributed by atoms with van der Waals surface area (Å²) in [5.41, 5.74) is 4.95. The van der Waals surface area contributed by atoms with Gasteiger partial charge in [-0.05, 0) is 46.4 Å². The molecule has 0 saturated carbocycles. The summed E-state index contributed by atoms with van der Waals surface area (Å²) in [6, 6.07) is 43.5. The smallest absolute Gasteiger partial charge is 0.306 e. The van der Waals surface area contributed by atoms with Crippen LogP contribution in [0.25, 0.3) is 0 Å². The molecule has 5 nitrogen and oxygen atoms in total. The zero-order chi connectivity index (χ0) is 28.8.